The van der Waals surface area contributed by atoms with Crippen LogP contribution in [0.15, 0.2) is 72.8 Å². The van der Waals surface area contributed by atoms with E-state index < -0.39 is 37.0 Å². The van der Waals surface area contributed by atoms with Gasteiger partial charge in [0, 0.05) is 0 Å². The Labute approximate surface area is 233 Å². The van der Waals surface area contributed by atoms with Gasteiger partial charge < -0.3 is 0 Å². The molecule has 0 bridgehead atoms. The molecule has 0 unspecified atom stereocenters. The molecule has 0 saturated heterocycles. The van der Waals surface area contributed by atoms with Gasteiger partial charge in [-0.1, -0.05) is 124 Å². The zero-order chi connectivity index (χ0) is 26.0. The van der Waals surface area contributed by atoms with Crippen LogP contribution in [0.5, 0.6) is 0 Å². The SMILES string of the molecule is CC(C)c1cc2c(-c3cc([Si](C)(C)C)cc([Si](C)(C)C)c3)c(-c3ccccc3)ccc2[cH-]1.[Cl][Zr][Cl]. The Hall–Kier alpha value is -0.833. The average Bonchev–Trinajstić information content (AvgIpc) is 3.23. The molecule has 0 nitrogen and oxygen atoms in total. The fraction of sp³-hybridized carbons (Fsp3) is 0.300. The van der Waals surface area contributed by atoms with Crippen LogP contribution in [-0.2, 0) is 20.8 Å². The topological polar surface area (TPSA) is 0 Å². The summed E-state index contributed by atoms with van der Waals surface area (Å²) in [6.45, 7) is 19.4. The second-order valence-corrected chi connectivity index (χ2v) is 25.6. The van der Waals surface area contributed by atoms with Crippen LogP contribution in [0, 0.1) is 0 Å². The molecule has 184 valence electrons. The van der Waals surface area contributed by atoms with Crippen molar-refractivity contribution in [1.82, 2.24) is 0 Å². The van der Waals surface area contributed by atoms with Crippen molar-refractivity contribution in [1.29, 1.82) is 0 Å². The van der Waals surface area contributed by atoms with Gasteiger partial charge in [-0.25, -0.2) is 0 Å². The molecule has 0 atom stereocenters. The van der Waals surface area contributed by atoms with Gasteiger partial charge in [-0.15, -0.1) is 28.5 Å². The van der Waals surface area contributed by atoms with Crippen molar-refractivity contribution in [2.75, 3.05) is 0 Å². The zero-order valence-electron chi connectivity index (χ0n) is 22.3. The summed E-state index contributed by atoms with van der Waals surface area (Å²) >= 11 is -0.826. The molecular formula is C30H37Cl2Si2Zr-. The van der Waals surface area contributed by atoms with Crippen molar-refractivity contribution >= 4 is 54.3 Å². The van der Waals surface area contributed by atoms with E-state index in [4.69, 9.17) is 17.0 Å². The first kappa shape index (κ1) is 28.7. The van der Waals surface area contributed by atoms with Crippen LogP contribution in [0.2, 0.25) is 39.3 Å². The third-order valence-electron chi connectivity index (χ3n) is 6.62. The Morgan fingerprint density at radius 3 is 1.74 bits per heavy atom. The molecule has 0 aromatic heterocycles. The fourth-order valence-corrected chi connectivity index (χ4v) is 6.94. The summed E-state index contributed by atoms with van der Waals surface area (Å²) in [4.78, 5) is 0. The molecule has 0 saturated carbocycles. The molecule has 0 aliphatic rings. The van der Waals surface area contributed by atoms with E-state index in [1.807, 2.05) is 0 Å². The van der Waals surface area contributed by atoms with Crippen LogP contribution in [0.1, 0.15) is 25.3 Å². The van der Waals surface area contributed by atoms with Crippen molar-refractivity contribution in [3.63, 3.8) is 0 Å². The Morgan fingerprint density at radius 2 is 1.26 bits per heavy atom. The van der Waals surface area contributed by atoms with E-state index in [9.17, 15) is 0 Å². The van der Waals surface area contributed by atoms with E-state index in [-0.39, 0.29) is 0 Å². The summed E-state index contributed by atoms with van der Waals surface area (Å²) in [5, 5.41) is 5.89. The van der Waals surface area contributed by atoms with Gasteiger partial charge in [0.15, 0.2) is 0 Å². The van der Waals surface area contributed by atoms with E-state index in [1.165, 1.54) is 38.6 Å². The van der Waals surface area contributed by atoms with Gasteiger partial charge in [0.2, 0.25) is 0 Å². The number of benzene rings is 3. The number of hydrogen-bond acceptors (Lipinski definition) is 0. The molecule has 0 aliphatic heterocycles. The third kappa shape index (κ3) is 6.93. The summed E-state index contributed by atoms with van der Waals surface area (Å²) in [5.41, 5.74) is 6.86. The fourth-order valence-electron chi connectivity index (χ4n) is 4.45. The first-order chi connectivity index (χ1) is 16.4. The molecule has 0 heterocycles. The number of rotatable bonds is 5. The summed E-state index contributed by atoms with van der Waals surface area (Å²) in [6, 6.07) is 28.0. The van der Waals surface area contributed by atoms with Gasteiger partial charge in [-0.05, 0) is 22.6 Å². The Balaban J connectivity index is 0.00000108. The van der Waals surface area contributed by atoms with Gasteiger partial charge in [0.05, 0.1) is 16.1 Å². The minimum atomic E-state index is -1.46. The molecule has 0 aliphatic carbocycles. The van der Waals surface area contributed by atoms with Crippen LogP contribution in [0.4, 0.5) is 0 Å². The van der Waals surface area contributed by atoms with Crippen LogP contribution in [0.3, 0.4) is 0 Å². The molecule has 0 radical (unpaired) electrons. The van der Waals surface area contributed by atoms with Crippen LogP contribution >= 0.6 is 17.0 Å². The molecule has 5 heteroatoms. The van der Waals surface area contributed by atoms with Crippen molar-refractivity contribution in [3.8, 4) is 22.3 Å². The number of fused-ring (bicyclic) bond motifs is 1. The van der Waals surface area contributed by atoms with E-state index in [0.29, 0.717) is 5.92 Å². The quantitative estimate of drug-likeness (QED) is 0.155. The number of halogens is 2. The molecule has 35 heavy (non-hydrogen) atoms. The van der Waals surface area contributed by atoms with Gasteiger partial charge >= 0.3 is 37.9 Å². The van der Waals surface area contributed by atoms with Crippen LogP contribution < -0.4 is 10.4 Å². The van der Waals surface area contributed by atoms with Gasteiger partial charge in [0.1, 0.15) is 0 Å². The van der Waals surface area contributed by atoms with Crippen molar-refractivity contribution in [2.24, 2.45) is 0 Å². The molecule has 0 N–H and O–H groups in total. The van der Waals surface area contributed by atoms with Crippen LogP contribution in [-0.4, -0.2) is 16.1 Å². The first-order valence-electron chi connectivity index (χ1n) is 12.3. The zero-order valence-corrected chi connectivity index (χ0v) is 28.2. The maximum absolute atomic E-state index is 4.93. The van der Waals surface area contributed by atoms with Crippen molar-refractivity contribution < 1.29 is 20.8 Å². The molecule has 4 aromatic carbocycles. The van der Waals surface area contributed by atoms with E-state index in [1.54, 1.807) is 10.4 Å². The summed E-state index contributed by atoms with van der Waals surface area (Å²) in [7, 11) is 6.94. The maximum atomic E-state index is 4.93. The normalized spacial score (nSPS) is 12.0. The Morgan fingerprint density at radius 1 is 0.714 bits per heavy atom. The molecule has 0 spiro atoms. The molecule has 4 aromatic rings. The van der Waals surface area contributed by atoms with E-state index >= 15 is 0 Å². The minimum absolute atomic E-state index is 0.529. The van der Waals surface area contributed by atoms with E-state index in [0.717, 1.165) is 0 Å². The summed E-state index contributed by atoms with van der Waals surface area (Å²) in [5.74, 6) is 0.529. The monoisotopic (exact) mass is 613 g/mol. The van der Waals surface area contributed by atoms with Gasteiger partial charge in [0.25, 0.3) is 0 Å². The summed E-state index contributed by atoms with van der Waals surface area (Å²) in [6.07, 6.45) is 0. The predicted molar refractivity (Wildman–Crippen MR) is 162 cm³/mol. The predicted octanol–water partition coefficient (Wildman–Crippen LogP) is 9.48. The Bertz CT molecular complexity index is 1250. The number of hydrogen-bond donors (Lipinski definition) is 0. The Kier molecular flexibility index (Phi) is 9.60. The van der Waals surface area contributed by atoms with Crippen molar-refractivity contribution in [3.05, 3.63) is 78.4 Å². The van der Waals surface area contributed by atoms with Crippen molar-refractivity contribution in [2.45, 2.75) is 59.0 Å². The second-order valence-electron chi connectivity index (χ2n) is 11.7. The third-order valence-corrected chi connectivity index (χ3v) is 10.7. The molecule has 0 fully saturated rings. The van der Waals surface area contributed by atoms with Gasteiger partial charge in [-0.3, -0.25) is 0 Å². The molecular weight excluding hydrogens is 579 g/mol. The van der Waals surface area contributed by atoms with Gasteiger partial charge in [-0.2, -0.15) is 6.07 Å². The van der Waals surface area contributed by atoms with E-state index in [2.05, 4.69) is 126 Å². The second kappa shape index (κ2) is 11.7. The molecule has 0 amide bonds. The average molecular weight is 616 g/mol. The van der Waals surface area contributed by atoms with Crippen LogP contribution in [0.25, 0.3) is 33.0 Å². The molecule has 4 rings (SSSR count). The summed E-state index contributed by atoms with van der Waals surface area (Å²) < 4.78 is 0. The first-order valence-corrected chi connectivity index (χ1v) is 25.6. The standard InChI is InChI=1S/C30H37Si2.2ClH.Zr/c1-21(2)24-16-23-14-15-28(22-12-10-9-11-13-22)30(29(23)19-24)25-17-26(31(3,4)5)20-27(18-25)32(6,7)8;;;/h9-21H,1-8H3;2*1H;/q-1;;;+2/p-2.